The van der Waals surface area contributed by atoms with E-state index < -0.39 is 36.2 Å². The van der Waals surface area contributed by atoms with E-state index in [0.717, 1.165) is 0 Å². The molecule has 0 aromatic carbocycles. The number of unbranched alkanes of at least 4 members (excludes halogenated alkanes) is 2. The van der Waals surface area contributed by atoms with Gasteiger partial charge in [-0.25, -0.2) is 42.5 Å². The van der Waals surface area contributed by atoms with E-state index in [0.29, 0.717) is 32.2 Å². The summed E-state index contributed by atoms with van der Waals surface area (Å²) in [5, 5.41) is 10.1. The number of urea groups is 4. The third-order valence-electron chi connectivity index (χ3n) is 3.60. The fourth-order valence-electron chi connectivity index (χ4n) is 2.26. The second-order valence-corrected chi connectivity index (χ2v) is 5.55. The van der Waals surface area contributed by atoms with Crippen LogP contribution in [0.3, 0.4) is 0 Å². The summed E-state index contributed by atoms with van der Waals surface area (Å²) in [5.74, 6) is 20.1. The van der Waals surface area contributed by atoms with Crippen LogP contribution in [-0.4, -0.2) is 49.3 Å². The number of carbonyl (C=O) groups is 4. The van der Waals surface area contributed by atoms with Crippen molar-refractivity contribution in [2.24, 2.45) is 23.4 Å². The first-order valence-corrected chi connectivity index (χ1v) is 8.41. The molecule has 162 valence electrons. The van der Waals surface area contributed by atoms with Gasteiger partial charge in [-0.3, -0.25) is 21.7 Å². The minimum absolute atomic E-state index is 0.0514. The zero-order chi connectivity index (χ0) is 21.4. The van der Waals surface area contributed by atoms with Crippen molar-refractivity contribution >= 4 is 24.1 Å². The quantitative estimate of drug-likeness (QED) is 0.0693. The molecule has 0 rings (SSSR count). The average molecular weight is 406 g/mol. The fourth-order valence-corrected chi connectivity index (χ4v) is 2.26. The summed E-state index contributed by atoms with van der Waals surface area (Å²) >= 11 is 0. The van der Waals surface area contributed by atoms with Gasteiger partial charge in [0.2, 0.25) is 0 Å². The van der Waals surface area contributed by atoms with Gasteiger partial charge < -0.3 is 21.3 Å². The van der Waals surface area contributed by atoms with Gasteiger partial charge in [0.15, 0.2) is 0 Å². The maximum atomic E-state index is 11.6. The number of nitrogens with two attached hydrogens (primary N) is 4. The van der Waals surface area contributed by atoms with Crippen molar-refractivity contribution in [1.29, 1.82) is 0 Å². The SMILES string of the molecule is NNC(=O)NCCCCCC(NC(=O)NN)C(CNC(=O)NN)NC(=O)NN. The molecule has 28 heavy (non-hydrogen) atoms. The first kappa shape index (κ1) is 24.9. The monoisotopic (exact) mass is 406 g/mol. The van der Waals surface area contributed by atoms with Crippen LogP contribution >= 0.6 is 0 Å². The lowest BCUT2D eigenvalue weighted by Gasteiger charge is -2.29. The number of hydrogen-bond donors (Lipinski definition) is 12. The average Bonchev–Trinajstić information content (AvgIpc) is 2.71. The van der Waals surface area contributed by atoms with E-state index in [1.807, 2.05) is 21.7 Å². The van der Waals surface area contributed by atoms with Gasteiger partial charge in [-0.05, 0) is 12.8 Å². The van der Waals surface area contributed by atoms with Crippen molar-refractivity contribution in [2.75, 3.05) is 13.1 Å². The molecule has 0 bridgehead atoms. The zero-order valence-corrected chi connectivity index (χ0v) is 15.3. The van der Waals surface area contributed by atoms with Crippen LogP contribution in [0.5, 0.6) is 0 Å². The maximum Gasteiger partial charge on any atom is 0.329 e. The van der Waals surface area contributed by atoms with Crippen LogP contribution in [0.15, 0.2) is 0 Å². The minimum Gasteiger partial charge on any atom is -0.337 e. The van der Waals surface area contributed by atoms with Crippen LogP contribution in [0.4, 0.5) is 19.2 Å². The lowest BCUT2D eigenvalue weighted by Crippen LogP contribution is -2.60. The summed E-state index contributed by atoms with van der Waals surface area (Å²) in [4.78, 5) is 45.5. The van der Waals surface area contributed by atoms with Crippen LogP contribution in [0.25, 0.3) is 0 Å². The first-order valence-electron chi connectivity index (χ1n) is 8.41. The van der Waals surface area contributed by atoms with Crippen LogP contribution in [0, 0.1) is 0 Å². The second-order valence-electron chi connectivity index (χ2n) is 5.55. The molecule has 8 amide bonds. The Balaban J connectivity index is 4.79. The van der Waals surface area contributed by atoms with E-state index in [1.165, 1.54) is 0 Å². The Hall–Kier alpha value is -3.08. The van der Waals surface area contributed by atoms with Crippen molar-refractivity contribution < 1.29 is 19.2 Å². The Labute approximate surface area is 161 Å². The highest BCUT2D eigenvalue weighted by Gasteiger charge is 2.25. The molecule has 0 aromatic rings. The van der Waals surface area contributed by atoms with E-state index in [4.69, 9.17) is 23.4 Å². The van der Waals surface area contributed by atoms with E-state index in [9.17, 15) is 19.2 Å². The maximum absolute atomic E-state index is 11.6. The van der Waals surface area contributed by atoms with Gasteiger partial charge >= 0.3 is 24.1 Å². The van der Waals surface area contributed by atoms with Gasteiger partial charge in [-0.2, -0.15) is 0 Å². The van der Waals surface area contributed by atoms with Crippen LogP contribution < -0.4 is 66.3 Å². The van der Waals surface area contributed by atoms with Crippen molar-refractivity contribution in [3.63, 3.8) is 0 Å². The molecule has 0 saturated carbocycles. The molecule has 0 aliphatic heterocycles. The van der Waals surface area contributed by atoms with Gasteiger partial charge in [-0.15, -0.1) is 0 Å². The summed E-state index contributed by atoms with van der Waals surface area (Å²) in [5.41, 5.74) is 7.68. The molecular formula is C12H30N12O4. The fraction of sp³-hybridized carbons (Fsp3) is 0.667. The molecule has 0 fully saturated rings. The molecular weight excluding hydrogens is 376 g/mol. The van der Waals surface area contributed by atoms with E-state index >= 15 is 0 Å². The lowest BCUT2D eigenvalue weighted by molar-refractivity contribution is 0.219. The number of rotatable bonds is 11. The third kappa shape index (κ3) is 11.5. The molecule has 2 unspecified atom stereocenters. The highest BCUT2D eigenvalue weighted by molar-refractivity contribution is 5.76. The Bertz CT molecular complexity index is 505. The predicted molar refractivity (Wildman–Crippen MR) is 99.2 cm³/mol. The van der Waals surface area contributed by atoms with Gasteiger partial charge in [0.05, 0.1) is 12.1 Å². The molecule has 0 saturated heterocycles. The second kappa shape index (κ2) is 15.0. The van der Waals surface area contributed by atoms with Gasteiger partial charge in [0, 0.05) is 13.1 Å². The van der Waals surface area contributed by atoms with Gasteiger partial charge in [0.25, 0.3) is 0 Å². The molecule has 2 atom stereocenters. The van der Waals surface area contributed by atoms with Crippen LogP contribution in [0.1, 0.15) is 25.7 Å². The predicted octanol–water partition coefficient (Wildman–Crippen LogP) is -4.02. The normalized spacial score (nSPS) is 12.0. The van der Waals surface area contributed by atoms with E-state index in [2.05, 4.69) is 21.3 Å². The largest absolute Gasteiger partial charge is 0.337 e. The summed E-state index contributed by atoms with van der Waals surface area (Å²) in [6, 6.07) is -3.86. The van der Waals surface area contributed by atoms with Gasteiger partial charge in [0.1, 0.15) is 0 Å². The highest BCUT2D eigenvalue weighted by Crippen LogP contribution is 2.07. The van der Waals surface area contributed by atoms with Crippen molar-refractivity contribution in [2.45, 2.75) is 37.8 Å². The molecule has 0 radical (unpaired) electrons. The Morgan fingerprint density at radius 3 is 1.64 bits per heavy atom. The Kier molecular flexibility index (Phi) is 13.4. The lowest BCUT2D eigenvalue weighted by atomic mass is 10.0. The number of nitrogens with one attached hydrogen (secondary N) is 8. The van der Waals surface area contributed by atoms with E-state index in [1.54, 1.807) is 0 Å². The van der Waals surface area contributed by atoms with Gasteiger partial charge in [-0.1, -0.05) is 12.8 Å². The molecule has 16 nitrogen and oxygen atoms in total. The van der Waals surface area contributed by atoms with Crippen molar-refractivity contribution in [3.05, 3.63) is 0 Å². The number of hydrazine groups is 4. The van der Waals surface area contributed by atoms with E-state index in [-0.39, 0.29) is 6.54 Å². The molecule has 0 aromatic heterocycles. The minimum atomic E-state index is -0.723. The Morgan fingerprint density at radius 2 is 1.11 bits per heavy atom. The molecule has 16 heteroatoms. The van der Waals surface area contributed by atoms with Crippen molar-refractivity contribution in [3.8, 4) is 0 Å². The molecule has 0 aliphatic carbocycles. The summed E-state index contributed by atoms with van der Waals surface area (Å²) in [7, 11) is 0. The Morgan fingerprint density at radius 1 is 0.607 bits per heavy atom. The highest BCUT2D eigenvalue weighted by atomic mass is 16.2. The summed E-state index contributed by atoms with van der Waals surface area (Å²) in [6.45, 7) is 0.365. The number of hydrogen-bond acceptors (Lipinski definition) is 8. The summed E-state index contributed by atoms with van der Waals surface area (Å²) in [6.07, 6.45) is 2.43. The number of carbonyl (C=O) groups excluding carboxylic acids is 4. The standard InChI is InChI=1S/C12H30N12O4/c13-21-9(25)17-5-3-1-2-4-7(19-11(27)23-15)8(20-12(28)24-16)6-18-10(26)22-14/h7-8H,1-6,13-16H2,(H2,17,21,25)(H2,18,22,26)(H2,19,23,27)(H2,20,24,28). The van der Waals surface area contributed by atoms with Crippen LogP contribution in [-0.2, 0) is 0 Å². The molecule has 0 aliphatic rings. The topological polar surface area (TPSA) is 269 Å². The van der Waals surface area contributed by atoms with Crippen molar-refractivity contribution in [1.82, 2.24) is 43.0 Å². The molecule has 16 N–H and O–H groups in total. The number of amides is 8. The third-order valence-corrected chi connectivity index (χ3v) is 3.60. The summed E-state index contributed by atoms with van der Waals surface area (Å²) < 4.78 is 0. The molecule has 0 heterocycles. The zero-order valence-electron chi connectivity index (χ0n) is 15.3. The van der Waals surface area contributed by atoms with Crippen LogP contribution in [0.2, 0.25) is 0 Å². The smallest absolute Gasteiger partial charge is 0.329 e. The molecule has 0 spiro atoms. The first-order chi connectivity index (χ1) is 13.4.